The van der Waals surface area contributed by atoms with Gasteiger partial charge >= 0.3 is 0 Å². The van der Waals surface area contributed by atoms with Crippen molar-refractivity contribution in [2.75, 3.05) is 11.4 Å². The Kier molecular flexibility index (Phi) is 3.33. The summed E-state index contributed by atoms with van der Waals surface area (Å²) >= 11 is 0. The normalized spacial score (nSPS) is 10.9. The number of hydrogen-bond donors (Lipinski definition) is 1. The van der Waals surface area contributed by atoms with Gasteiger partial charge in [0.1, 0.15) is 11.8 Å². The van der Waals surface area contributed by atoms with E-state index >= 15 is 0 Å². The van der Waals surface area contributed by atoms with Crippen LogP contribution in [0.25, 0.3) is 11.0 Å². The lowest BCUT2D eigenvalue weighted by molar-refractivity contribution is 0.814. The topological polar surface area (TPSA) is 57.7 Å². The summed E-state index contributed by atoms with van der Waals surface area (Å²) in [5, 5.41) is 7.32. The summed E-state index contributed by atoms with van der Waals surface area (Å²) in [7, 11) is 0. The van der Waals surface area contributed by atoms with Crippen LogP contribution in [0.4, 0.5) is 5.82 Å². The number of hydrogen-bond acceptors (Lipinski definition) is 4. The van der Waals surface area contributed by atoms with Crippen molar-refractivity contribution in [2.24, 2.45) is 0 Å². The second-order valence-electron chi connectivity index (χ2n) is 4.74. The fourth-order valence-electron chi connectivity index (χ4n) is 2.31. The molecule has 0 aliphatic rings. The fraction of sp³-hybridized carbons (Fsp3) is 0.267. The molecule has 5 heteroatoms. The van der Waals surface area contributed by atoms with E-state index in [1.165, 1.54) is 5.56 Å². The van der Waals surface area contributed by atoms with Gasteiger partial charge in [0.05, 0.1) is 5.69 Å². The van der Waals surface area contributed by atoms with Crippen LogP contribution in [0.2, 0.25) is 0 Å². The van der Waals surface area contributed by atoms with Gasteiger partial charge in [-0.3, -0.25) is 5.10 Å². The van der Waals surface area contributed by atoms with Crippen molar-refractivity contribution in [3.63, 3.8) is 0 Å². The summed E-state index contributed by atoms with van der Waals surface area (Å²) in [6, 6.07) is 10.4. The number of aryl methyl sites for hydroxylation is 1. The molecule has 0 atom stereocenters. The molecule has 0 spiro atoms. The zero-order chi connectivity index (χ0) is 13.9. The van der Waals surface area contributed by atoms with Gasteiger partial charge in [-0.2, -0.15) is 5.10 Å². The predicted molar refractivity (Wildman–Crippen MR) is 79.6 cm³/mol. The third kappa shape index (κ3) is 2.22. The smallest absolute Gasteiger partial charge is 0.160 e. The van der Waals surface area contributed by atoms with Crippen molar-refractivity contribution < 1.29 is 0 Å². The van der Waals surface area contributed by atoms with Gasteiger partial charge < -0.3 is 4.90 Å². The Morgan fingerprint density at radius 1 is 1.10 bits per heavy atom. The van der Waals surface area contributed by atoms with Crippen LogP contribution in [-0.4, -0.2) is 26.7 Å². The van der Waals surface area contributed by atoms with Crippen molar-refractivity contribution in [2.45, 2.75) is 20.4 Å². The minimum absolute atomic E-state index is 0.815. The SMILES string of the molecule is CCN(Cc1ccccc1)c1ncnc2c(C)[nH]nc12. The third-order valence-electron chi connectivity index (χ3n) is 3.39. The number of aromatic amines is 1. The Bertz CT molecular complexity index is 705. The molecule has 0 unspecified atom stereocenters. The number of benzene rings is 1. The maximum atomic E-state index is 4.42. The Morgan fingerprint density at radius 3 is 2.65 bits per heavy atom. The molecule has 0 radical (unpaired) electrons. The van der Waals surface area contributed by atoms with Gasteiger partial charge in [-0.05, 0) is 19.4 Å². The summed E-state index contributed by atoms with van der Waals surface area (Å²) in [5.74, 6) is 0.880. The zero-order valence-corrected chi connectivity index (χ0v) is 11.7. The minimum atomic E-state index is 0.815. The van der Waals surface area contributed by atoms with Crippen LogP contribution in [0, 0.1) is 6.92 Å². The first-order valence-corrected chi connectivity index (χ1v) is 6.74. The number of aromatic nitrogens is 4. The Labute approximate surface area is 117 Å². The second-order valence-corrected chi connectivity index (χ2v) is 4.74. The van der Waals surface area contributed by atoms with Gasteiger partial charge in [0, 0.05) is 13.1 Å². The number of anilines is 1. The maximum Gasteiger partial charge on any atom is 0.160 e. The molecular formula is C15H17N5. The molecule has 0 amide bonds. The standard InChI is InChI=1S/C15H17N5/c1-3-20(9-12-7-5-4-6-8-12)15-14-13(16-10-17-15)11(2)18-19-14/h4-8,10H,3,9H2,1-2H3,(H,18,19). The molecule has 0 bridgehead atoms. The van der Waals surface area contributed by atoms with Gasteiger partial charge in [-0.25, -0.2) is 9.97 Å². The molecule has 0 fully saturated rings. The van der Waals surface area contributed by atoms with E-state index in [-0.39, 0.29) is 0 Å². The van der Waals surface area contributed by atoms with Gasteiger partial charge in [-0.1, -0.05) is 30.3 Å². The largest absolute Gasteiger partial charge is 0.351 e. The van der Waals surface area contributed by atoms with E-state index in [0.717, 1.165) is 35.6 Å². The molecule has 0 saturated heterocycles. The monoisotopic (exact) mass is 267 g/mol. The first-order chi connectivity index (χ1) is 9.79. The number of fused-ring (bicyclic) bond motifs is 1. The van der Waals surface area contributed by atoms with E-state index < -0.39 is 0 Å². The molecule has 2 heterocycles. The molecule has 3 rings (SSSR count). The van der Waals surface area contributed by atoms with Crippen LogP contribution in [-0.2, 0) is 6.54 Å². The molecule has 0 aliphatic carbocycles. The van der Waals surface area contributed by atoms with E-state index in [1.54, 1.807) is 6.33 Å². The van der Waals surface area contributed by atoms with Crippen LogP contribution in [0.15, 0.2) is 36.7 Å². The van der Waals surface area contributed by atoms with E-state index in [0.29, 0.717) is 0 Å². The minimum Gasteiger partial charge on any atom is -0.351 e. The van der Waals surface area contributed by atoms with Gasteiger partial charge in [-0.15, -0.1) is 0 Å². The van der Waals surface area contributed by atoms with Gasteiger partial charge in [0.2, 0.25) is 0 Å². The zero-order valence-electron chi connectivity index (χ0n) is 11.7. The van der Waals surface area contributed by atoms with E-state index in [2.05, 4.69) is 56.3 Å². The number of nitrogens with zero attached hydrogens (tertiary/aromatic N) is 4. The van der Waals surface area contributed by atoms with Crippen LogP contribution >= 0.6 is 0 Å². The molecule has 20 heavy (non-hydrogen) atoms. The first kappa shape index (κ1) is 12.6. The molecule has 2 aromatic heterocycles. The van der Waals surface area contributed by atoms with Crippen LogP contribution in [0.5, 0.6) is 0 Å². The molecule has 1 aromatic carbocycles. The summed E-state index contributed by atoms with van der Waals surface area (Å²) in [6.07, 6.45) is 1.60. The van der Waals surface area contributed by atoms with Gasteiger partial charge in [0.25, 0.3) is 0 Å². The molecule has 5 nitrogen and oxygen atoms in total. The molecule has 0 aliphatic heterocycles. The van der Waals surface area contributed by atoms with Crippen molar-refractivity contribution in [3.8, 4) is 0 Å². The molecule has 0 saturated carbocycles. The summed E-state index contributed by atoms with van der Waals surface area (Å²) in [6.45, 7) is 5.78. The Morgan fingerprint density at radius 2 is 1.90 bits per heavy atom. The van der Waals surface area contributed by atoms with E-state index in [4.69, 9.17) is 0 Å². The van der Waals surface area contributed by atoms with Crippen LogP contribution < -0.4 is 4.90 Å². The maximum absolute atomic E-state index is 4.42. The third-order valence-corrected chi connectivity index (χ3v) is 3.39. The lowest BCUT2D eigenvalue weighted by Gasteiger charge is -2.21. The highest BCUT2D eigenvalue weighted by atomic mass is 15.2. The lowest BCUT2D eigenvalue weighted by Crippen LogP contribution is -2.23. The summed E-state index contributed by atoms with van der Waals surface area (Å²) in [4.78, 5) is 10.9. The fourth-order valence-corrected chi connectivity index (χ4v) is 2.31. The van der Waals surface area contributed by atoms with E-state index in [9.17, 15) is 0 Å². The second kappa shape index (κ2) is 5.28. The number of nitrogens with one attached hydrogen (secondary N) is 1. The summed E-state index contributed by atoms with van der Waals surface area (Å²) in [5.41, 5.74) is 3.96. The first-order valence-electron chi connectivity index (χ1n) is 6.74. The van der Waals surface area contributed by atoms with Crippen molar-refractivity contribution in [1.29, 1.82) is 0 Å². The lowest BCUT2D eigenvalue weighted by atomic mass is 10.2. The quantitative estimate of drug-likeness (QED) is 0.789. The van der Waals surface area contributed by atoms with E-state index in [1.807, 2.05) is 13.0 Å². The highest BCUT2D eigenvalue weighted by Crippen LogP contribution is 2.23. The molecule has 3 aromatic rings. The highest BCUT2D eigenvalue weighted by molar-refractivity contribution is 5.86. The average Bonchev–Trinajstić information content (AvgIpc) is 2.88. The number of rotatable bonds is 4. The van der Waals surface area contributed by atoms with Crippen molar-refractivity contribution >= 4 is 16.9 Å². The molecule has 1 N–H and O–H groups in total. The molecular weight excluding hydrogens is 250 g/mol. The van der Waals surface area contributed by atoms with Crippen molar-refractivity contribution in [1.82, 2.24) is 20.2 Å². The summed E-state index contributed by atoms with van der Waals surface area (Å²) < 4.78 is 0. The Hall–Kier alpha value is -2.43. The number of H-pyrrole nitrogens is 1. The molecule has 102 valence electrons. The Balaban J connectivity index is 1.99. The van der Waals surface area contributed by atoms with Crippen LogP contribution in [0.3, 0.4) is 0 Å². The van der Waals surface area contributed by atoms with Crippen molar-refractivity contribution in [3.05, 3.63) is 47.9 Å². The van der Waals surface area contributed by atoms with Gasteiger partial charge in [0.15, 0.2) is 11.3 Å². The highest BCUT2D eigenvalue weighted by Gasteiger charge is 2.14. The van der Waals surface area contributed by atoms with Crippen LogP contribution in [0.1, 0.15) is 18.2 Å². The predicted octanol–water partition coefficient (Wildman–Crippen LogP) is 2.69. The average molecular weight is 267 g/mol.